The molecule has 5 nitrogen and oxygen atoms in total. The molecule has 1 aliphatic rings. The number of fused-ring (bicyclic) bond motifs is 1. The van der Waals surface area contributed by atoms with E-state index >= 15 is 0 Å². The number of rotatable bonds is 8. The molecule has 2 amide bonds. The lowest BCUT2D eigenvalue weighted by Gasteiger charge is -2.31. The van der Waals surface area contributed by atoms with Gasteiger partial charge in [0.15, 0.2) is 4.34 Å². The smallest absolute Gasteiger partial charge is 0.253 e. The van der Waals surface area contributed by atoms with Crippen LogP contribution in [0.25, 0.3) is 10.2 Å². The minimum atomic E-state index is -0.0773. The molecule has 33 heavy (non-hydrogen) atoms. The van der Waals surface area contributed by atoms with Crippen LogP contribution in [-0.4, -0.2) is 51.5 Å². The summed E-state index contributed by atoms with van der Waals surface area (Å²) < 4.78 is 2.17. The third kappa shape index (κ3) is 6.52. The van der Waals surface area contributed by atoms with Gasteiger partial charge in [0.1, 0.15) is 0 Å². The number of nitrogens with one attached hydrogen (secondary N) is 1. The topological polar surface area (TPSA) is 62.3 Å². The molecule has 174 valence electrons. The summed E-state index contributed by atoms with van der Waals surface area (Å²) in [6, 6.07) is 15.3. The lowest BCUT2D eigenvalue weighted by molar-refractivity contribution is -0.121. The molecule has 0 unspecified atom stereocenters. The summed E-state index contributed by atoms with van der Waals surface area (Å²) in [6.45, 7) is 5.65. The van der Waals surface area contributed by atoms with E-state index in [4.69, 9.17) is 4.98 Å². The van der Waals surface area contributed by atoms with Crippen molar-refractivity contribution in [2.45, 2.75) is 36.3 Å². The van der Waals surface area contributed by atoms with Crippen molar-refractivity contribution in [2.75, 3.05) is 29.9 Å². The molecule has 2 heterocycles. The van der Waals surface area contributed by atoms with Crippen LogP contribution < -0.4 is 5.32 Å². The third-order valence-corrected chi connectivity index (χ3v) is 9.10. The summed E-state index contributed by atoms with van der Waals surface area (Å²) in [4.78, 5) is 32.0. The van der Waals surface area contributed by atoms with Crippen LogP contribution in [0.5, 0.6) is 0 Å². The molecular weight excluding hydrogens is 470 g/mol. The number of piperidine rings is 1. The molecular formula is C25H29N3O2S3. The Hall–Kier alpha value is -2.03. The summed E-state index contributed by atoms with van der Waals surface area (Å²) in [7, 11) is 0. The van der Waals surface area contributed by atoms with Gasteiger partial charge in [0.2, 0.25) is 5.91 Å². The minimum absolute atomic E-state index is 0.0333. The number of carbonyl (C=O) groups is 2. The fourth-order valence-electron chi connectivity index (χ4n) is 3.81. The van der Waals surface area contributed by atoms with Gasteiger partial charge in [-0.15, -0.1) is 11.3 Å². The molecule has 0 atom stereocenters. The zero-order valence-corrected chi connectivity index (χ0v) is 21.4. The highest BCUT2D eigenvalue weighted by Gasteiger charge is 2.28. The summed E-state index contributed by atoms with van der Waals surface area (Å²) >= 11 is 5.45. The molecule has 3 aromatic rings. The maximum Gasteiger partial charge on any atom is 0.253 e. The van der Waals surface area contributed by atoms with Crippen molar-refractivity contribution in [2.24, 2.45) is 5.92 Å². The quantitative estimate of drug-likeness (QED) is 0.303. The second-order valence-electron chi connectivity index (χ2n) is 8.35. The van der Waals surface area contributed by atoms with Gasteiger partial charge in [-0.05, 0) is 48.4 Å². The van der Waals surface area contributed by atoms with Crippen LogP contribution in [0.4, 0.5) is 5.69 Å². The van der Waals surface area contributed by atoms with Crippen LogP contribution in [0.15, 0.2) is 52.9 Å². The highest BCUT2D eigenvalue weighted by molar-refractivity contribution is 8.04. The standard InChI is InChI=1S/C25H29N3O2S3/c1-17(2)31-14-15-32-25-27-21-9-8-20(16-22(21)33-25)26-23(29)18-10-12-28(13-11-18)24(30)19-6-4-3-5-7-19/h3-9,16-18H,10-15H2,1-2H3,(H,26,29). The van der Waals surface area contributed by atoms with E-state index in [2.05, 4.69) is 19.2 Å². The van der Waals surface area contributed by atoms with E-state index in [9.17, 15) is 9.59 Å². The number of aromatic nitrogens is 1. The Kier molecular flexibility index (Phi) is 8.33. The Morgan fingerprint density at radius 3 is 2.61 bits per heavy atom. The van der Waals surface area contributed by atoms with E-state index in [1.807, 2.05) is 65.2 Å². The Labute approximate surface area is 207 Å². The van der Waals surface area contributed by atoms with Gasteiger partial charge < -0.3 is 10.2 Å². The monoisotopic (exact) mass is 499 g/mol. The molecule has 0 spiro atoms. The van der Waals surface area contributed by atoms with Crippen molar-refractivity contribution in [3.05, 3.63) is 54.1 Å². The number of anilines is 1. The van der Waals surface area contributed by atoms with Crippen molar-refractivity contribution >= 4 is 62.6 Å². The average molecular weight is 500 g/mol. The molecule has 8 heteroatoms. The van der Waals surface area contributed by atoms with Crippen LogP contribution in [-0.2, 0) is 4.79 Å². The lowest BCUT2D eigenvalue weighted by Crippen LogP contribution is -2.41. The Morgan fingerprint density at radius 1 is 1.12 bits per heavy atom. The average Bonchev–Trinajstić information content (AvgIpc) is 3.24. The van der Waals surface area contributed by atoms with Gasteiger partial charge in [0, 0.05) is 41.8 Å². The maximum atomic E-state index is 12.9. The number of amides is 2. The van der Waals surface area contributed by atoms with Crippen LogP contribution in [0, 0.1) is 5.92 Å². The molecule has 0 aliphatic carbocycles. The van der Waals surface area contributed by atoms with E-state index < -0.39 is 0 Å². The second-order valence-corrected chi connectivity index (χ2v) is 12.4. The van der Waals surface area contributed by atoms with E-state index in [-0.39, 0.29) is 17.7 Å². The largest absolute Gasteiger partial charge is 0.339 e. The Bertz CT molecular complexity index is 1090. The van der Waals surface area contributed by atoms with Crippen LogP contribution >= 0.6 is 34.9 Å². The highest BCUT2D eigenvalue weighted by Crippen LogP contribution is 2.32. The number of carbonyl (C=O) groups excluding carboxylic acids is 2. The first-order chi connectivity index (χ1) is 16.0. The first-order valence-corrected chi connectivity index (χ1v) is 14.1. The second kappa shape index (κ2) is 11.4. The molecule has 0 bridgehead atoms. The number of likely N-dealkylation sites (tertiary alicyclic amines) is 1. The Balaban J connectivity index is 1.29. The van der Waals surface area contributed by atoms with Gasteiger partial charge in [0.05, 0.1) is 10.2 Å². The van der Waals surface area contributed by atoms with Crippen LogP contribution in [0.3, 0.4) is 0 Å². The minimum Gasteiger partial charge on any atom is -0.339 e. The number of hydrogen-bond acceptors (Lipinski definition) is 6. The highest BCUT2D eigenvalue weighted by atomic mass is 32.2. The fourth-order valence-corrected chi connectivity index (χ4v) is 6.83. The zero-order valence-electron chi connectivity index (χ0n) is 19.0. The van der Waals surface area contributed by atoms with E-state index in [1.54, 1.807) is 23.1 Å². The van der Waals surface area contributed by atoms with Gasteiger partial charge >= 0.3 is 0 Å². The summed E-state index contributed by atoms with van der Waals surface area (Å²) in [6.07, 6.45) is 1.37. The first-order valence-electron chi connectivity index (χ1n) is 11.3. The number of nitrogens with zero attached hydrogens (tertiary/aromatic N) is 2. The zero-order chi connectivity index (χ0) is 23.2. The molecule has 0 saturated carbocycles. The molecule has 1 saturated heterocycles. The summed E-state index contributed by atoms with van der Waals surface area (Å²) in [5.74, 6) is 2.17. The molecule has 1 N–H and O–H groups in total. The molecule has 4 rings (SSSR count). The van der Waals surface area contributed by atoms with Crippen molar-refractivity contribution in [1.82, 2.24) is 9.88 Å². The SMILES string of the molecule is CC(C)SCCSc1nc2ccc(NC(=O)C3CCN(C(=O)c4ccccc4)CC3)cc2s1. The van der Waals surface area contributed by atoms with E-state index in [0.29, 0.717) is 36.7 Å². The molecule has 2 aromatic carbocycles. The van der Waals surface area contributed by atoms with Gasteiger partial charge in [-0.1, -0.05) is 43.8 Å². The van der Waals surface area contributed by atoms with Crippen molar-refractivity contribution in [1.29, 1.82) is 0 Å². The molecule has 1 aromatic heterocycles. The van der Waals surface area contributed by atoms with Crippen molar-refractivity contribution < 1.29 is 9.59 Å². The van der Waals surface area contributed by atoms with E-state index in [1.165, 1.54) is 0 Å². The fraction of sp³-hybridized carbons (Fsp3) is 0.400. The number of thioether (sulfide) groups is 2. The number of benzene rings is 2. The van der Waals surface area contributed by atoms with Crippen LogP contribution in [0.1, 0.15) is 37.0 Å². The summed E-state index contributed by atoms with van der Waals surface area (Å²) in [5, 5.41) is 3.74. The molecule has 1 aliphatic heterocycles. The maximum absolute atomic E-state index is 12.9. The molecule has 0 radical (unpaired) electrons. The molecule has 1 fully saturated rings. The number of hydrogen-bond donors (Lipinski definition) is 1. The van der Waals surface area contributed by atoms with Crippen LogP contribution in [0.2, 0.25) is 0 Å². The first kappa shape index (κ1) is 24.1. The predicted molar refractivity (Wildman–Crippen MR) is 142 cm³/mol. The van der Waals surface area contributed by atoms with Gasteiger partial charge in [-0.2, -0.15) is 11.8 Å². The Morgan fingerprint density at radius 2 is 1.88 bits per heavy atom. The van der Waals surface area contributed by atoms with Crippen molar-refractivity contribution in [3.63, 3.8) is 0 Å². The van der Waals surface area contributed by atoms with Crippen molar-refractivity contribution in [3.8, 4) is 0 Å². The lowest BCUT2D eigenvalue weighted by atomic mass is 9.95. The normalized spacial score (nSPS) is 14.7. The third-order valence-electron chi connectivity index (χ3n) is 5.57. The van der Waals surface area contributed by atoms with Gasteiger partial charge in [-0.25, -0.2) is 4.98 Å². The van der Waals surface area contributed by atoms with Gasteiger partial charge in [0.25, 0.3) is 5.91 Å². The van der Waals surface area contributed by atoms with E-state index in [0.717, 1.165) is 31.7 Å². The predicted octanol–water partition coefficient (Wildman–Crippen LogP) is 6.02. The number of thiazole rings is 1. The van der Waals surface area contributed by atoms with Gasteiger partial charge in [-0.3, -0.25) is 9.59 Å². The summed E-state index contributed by atoms with van der Waals surface area (Å²) in [5.41, 5.74) is 2.49.